The van der Waals surface area contributed by atoms with Crippen molar-refractivity contribution in [1.29, 1.82) is 0 Å². The standard InChI is InChI=1S/C13H21NO4/c1-4-13(16,5-2)9-14-8-10-6-7-11(18-10)12(15)17-3/h6-7,14,16H,4-5,8-9H2,1-3H3. The lowest BCUT2D eigenvalue weighted by Crippen LogP contribution is -2.39. The monoisotopic (exact) mass is 255 g/mol. The van der Waals surface area contributed by atoms with E-state index in [-0.39, 0.29) is 5.76 Å². The second kappa shape index (κ2) is 6.56. The van der Waals surface area contributed by atoms with Crippen molar-refractivity contribution in [2.24, 2.45) is 0 Å². The Balaban J connectivity index is 2.45. The summed E-state index contributed by atoms with van der Waals surface area (Å²) in [6.07, 6.45) is 1.39. The number of ether oxygens (including phenoxy) is 1. The number of nitrogens with one attached hydrogen (secondary N) is 1. The molecule has 2 N–H and O–H groups in total. The predicted molar refractivity (Wildman–Crippen MR) is 67.3 cm³/mol. The lowest BCUT2D eigenvalue weighted by molar-refractivity contribution is 0.0318. The van der Waals surface area contributed by atoms with Crippen LogP contribution in [0.25, 0.3) is 0 Å². The maximum atomic E-state index is 11.2. The summed E-state index contributed by atoms with van der Waals surface area (Å²) in [5.41, 5.74) is -0.683. The minimum Gasteiger partial charge on any atom is -0.463 e. The Hall–Kier alpha value is -1.33. The molecule has 0 aliphatic carbocycles. The van der Waals surface area contributed by atoms with E-state index in [1.807, 2.05) is 13.8 Å². The zero-order valence-corrected chi connectivity index (χ0v) is 11.2. The molecule has 0 bridgehead atoms. The SMILES string of the molecule is CCC(O)(CC)CNCc1ccc(C(=O)OC)o1. The average Bonchev–Trinajstić information content (AvgIpc) is 2.86. The van der Waals surface area contributed by atoms with Crippen molar-refractivity contribution < 1.29 is 19.1 Å². The maximum absolute atomic E-state index is 11.2. The van der Waals surface area contributed by atoms with Crippen LogP contribution in [0.3, 0.4) is 0 Å². The number of hydrogen-bond acceptors (Lipinski definition) is 5. The van der Waals surface area contributed by atoms with Crippen LogP contribution >= 0.6 is 0 Å². The van der Waals surface area contributed by atoms with Crippen LogP contribution in [0.15, 0.2) is 16.5 Å². The summed E-state index contributed by atoms with van der Waals surface area (Å²) < 4.78 is 9.85. The molecule has 5 heteroatoms. The maximum Gasteiger partial charge on any atom is 0.373 e. The molecule has 0 atom stereocenters. The van der Waals surface area contributed by atoms with Gasteiger partial charge in [-0.05, 0) is 25.0 Å². The van der Waals surface area contributed by atoms with Gasteiger partial charge in [-0.15, -0.1) is 0 Å². The first kappa shape index (κ1) is 14.7. The number of rotatable bonds is 7. The van der Waals surface area contributed by atoms with Gasteiger partial charge < -0.3 is 19.6 Å². The van der Waals surface area contributed by atoms with E-state index in [0.29, 0.717) is 31.7 Å². The molecule has 5 nitrogen and oxygen atoms in total. The molecule has 0 spiro atoms. The van der Waals surface area contributed by atoms with Crippen LogP contribution in [0.1, 0.15) is 43.0 Å². The molecule has 102 valence electrons. The number of furan rings is 1. The Morgan fingerprint density at radius 1 is 1.44 bits per heavy atom. The van der Waals surface area contributed by atoms with Gasteiger partial charge in [0, 0.05) is 6.54 Å². The predicted octanol–water partition coefficient (Wildman–Crippen LogP) is 1.71. The molecule has 0 unspecified atom stereocenters. The van der Waals surface area contributed by atoms with Gasteiger partial charge in [0.2, 0.25) is 5.76 Å². The molecule has 0 aliphatic rings. The van der Waals surface area contributed by atoms with E-state index < -0.39 is 11.6 Å². The number of carbonyl (C=O) groups excluding carboxylic acids is 1. The largest absolute Gasteiger partial charge is 0.463 e. The fourth-order valence-electron chi connectivity index (χ4n) is 1.60. The van der Waals surface area contributed by atoms with Gasteiger partial charge in [-0.2, -0.15) is 0 Å². The topological polar surface area (TPSA) is 71.7 Å². The summed E-state index contributed by atoms with van der Waals surface area (Å²) in [6, 6.07) is 3.30. The third-order valence-corrected chi connectivity index (χ3v) is 3.12. The van der Waals surface area contributed by atoms with Crippen molar-refractivity contribution in [2.45, 2.75) is 38.8 Å². The second-order valence-electron chi connectivity index (χ2n) is 4.29. The van der Waals surface area contributed by atoms with Crippen molar-refractivity contribution >= 4 is 5.97 Å². The average molecular weight is 255 g/mol. The number of carbonyl (C=O) groups is 1. The molecule has 0 radical (unpaired) electrons. The van der Waals surface area contributed by atoms with E-state index in [1.165, 1.54) is 7.11 Å². The Kier molecular flexibility index (Phi) is 5.37. The fourth-order valence-corrected chi connectivity index (χ4v) is 1.60. The van der Waals surface area contributed by atoms with Crippen LogP contribution in [0.4, 0.5) is 0 Å². The van der Waals surface area contributed by atoms with Gasteiger partial charge in [0.05, 0.1) is 19.3 Å². The van der Waals surface area contributed by atoms with Gasteiger partial charge in [0.1, 0.15) is 5.76 Å². The summed E-state index contributed by atoms with van der Waals surface area (Å²) in [4.78, 5) is 11.2. The molecule has 1 aromatic rings. The quantitative estimate of drug-likeness (QED) is 0.726. The summed E-state index contributed by atoms with van der Waals surface area (Å²) in [5.74, 6) is 0.348. The van der Waals surface area contributed by atoms with Gasteiger partial charge in [-0.25, -0.2) is 4.79 Å². The van der Waals surface area contributed by atoms with E-state index in [0.717, 1.165) is 0 Å². The number of hydrogen-bond donors (Lipinski definition) is 2. The van der Waals surface area contributed by atoms with E-state index in [9.17, 15) is 9.90 Å². The lowest BCUT2D eigenvalue weighted by Gasteiger charge is -2.25. The van der Waals surface area contributed by atoms with Crippen LogP contribution in [0.5, 0.6) is 0 Å². The van der Waals surface area contributed by atoms with Crippen LogP contribution in [0, 0.1) is 0 Å². The zero-order chi connectivity index (χ0) is 13.6. The van der Waals surface area contributed by atoms with Gasteiger partial charge >= 0.3 is 5.97 Å². The van der Waals surface area contributed by atoms with Crippen molar-refractivity contribution in [3.63, 3.8) is 0 Å². The first-order valence-corrected chi connectivity index (χ1v) is 6.14. The third kappa shape index (κ3) is 3.85. The molecule has 1 rings (SSSR count). The molecule has 18 heavy (non-hydrogen) atoms. The van der Waals surface area contributed by atoms with Crippen molar-refractivity contribution in [2.75, 3.05) is 13.7 Å². The smallest absolute Gasteiger partial charge is 0.373 e. The van der Waals surface area contributed by atoms with Gasteiger partial charge in [0.25, 0.3) is 0 Å². The van der Waals surface area contributed by atoms with Crippen molar-refractivity contribution in [3.8, 4) is 0 Å². The van der Waals surface area contributed by atoms with Crippen LogP contribution in [0.2, 0.25) is 0 Å². The van der Waals surface area contributed by atoms with Crippen LogP contribution < -0.4 is 5.32 Å². The first-order valence-electron chi connectivity index (χ1n) is 6.14. The third-order valence-electron chi connectivity index (χ3n) is 3.12. The molecule has 0 saturated carbocycles. The minimum atomic E-state index is -0.683. The molecule has 1 aromatic heterocycles. The molecule has 1 heterocycles. The number of aliphatic hydroxyl groups is 1. The highest BCUT2D eigenvalue weighted by molar-refractivity contribution is 5.86. The van der Waals surface area contributed by atoms with E-state index >= 15 is 0 Å². The van der Waals surface area contributed by atoms with Gasteiger partial charge in [-0.1, -0.05) is 13.8 Å². The Morgan fingerprint density at radius 3 is 2.67 bits per heavy atom. The van der Waals surface area contributed by atoms with Crippen molar-refractivity contribution in [1.82, 2.24) is 5.32 Å². The summed E-state index contributed by atoms with van der Waals surface area (Å²) in [6.45, 7) is 4.87. The van der Waals surface area contributed by atoms with Crippen molar-refractivity contribution in [3.05, 3.63) is 23.7 Å². The Labute approximate surface area is 107 Å². The summed E-state index contributed by atoms with van der Waals surface area (Å²) in [5, 5.41) is 13.2. The highest BCUT2D eigenvalue weighted by Crippen LogP contribution is 2.14. The molecule has 0 amide bonds. The van der Waals surface area contributed by atoms with Gasteiger partial charge in [-0.3, -0.25) is 0 Å². The minimum absolute atomic E-state index is 0.190. The molecule has 0 fully saturated rings. The Bertz CT molecular complexity index is 382. The van der Waals surface area contributed by atoms with E-state index in [4.69, 9.17) is 4.42 Å². The molecule has 0 aliphatic heterocycles. The lowest BCUT2D eigenvalue weighted by atomic mass is 9.98. The second-order valence-corrected chi connectivity index (χ2v) is 4.29. The van der Waals surface area contributed by atoms with Gasteiger partial charge in [0.15, 0.2) is 0 Å². The van der Waals surface area contributed by atoms with Crippen LogP contribution in [-0.4, -0.2) is 30.3 Å². The molecular formula is C13H21NO4. The molecule has 0 saturated heterocycles. The fraction of sp³-hybridized carbons (Fsp3) is 0.615. The Morgan fingerprint density at radius 2 is 2.11 bits per heavy atom. The highest BCUT2D eigenvalue weighted by atomic mass is 16.5. The zero-order valence-electron chi connectivity index (χ0n) is 11.2. The van der Waals surface area contributed by atoms with Crippen LogP contribution in [-0.2, 0) is 11.3 Å². The molecule has 0 aromatic carbocycles. The highest BCUT2D eigenvalue weighted by Gasteiger charge is 2.21. The number of methoxy groups -OCH3 is 1. The summed E-state index contributed by atoms with van der Waals surface area (Å²) in [7, 11) is 1.31. The normalized spacial score (nSPS) is 11.6. The molecular weight excluding hydrogens is 234 g/mol. The first-order chi connectivity index (χ1) is 8.54. The summed E-state index contributed by atoms with van der Waals surface area (Å²) >= 11 is 0. The van der Waals surface area contributed by atoms with E-state index in [1.54, 1.807) is 12.1 Å². The van der Waals surface area contributed by atoms with E-state index in [2.05, 4.69) is 10.1 Å². The number of esters is 1.